The minimum Gasteiger partial charge on any atom is -0.530 e. The summed E-state index contributed by atoms with van der Waals surface area (Å²) in [5, 5.41) is 20.1. The third-order valence-electron chi connectivity index (χ3n) is 3.85. The first-order valence-electron chi connectivity index (χ1n) is 8.96. The van der Waals surface area contributed by atoms with Gasteiger partial charge in [-0.3, -0.25) is 14.8 Å². The van der Waals surface area contributed by atoms with E-state index >= 15 is 0 Å². The van der Waals surface area contributed by atoms with Crippen LogP contribution in [-0.4, -0.2) is 37.3 Å². The van der Waals surface area contributed by atoms with Crippen LogP contribution in [0, 0.1) is 0 Å². The van der Waals surface area contributed by atoms with Crippen molar-refractivity contribution in [1.82, 2.24) is 30.4 Å². The first-order valence-corrected chi connectivity index (χ1v) is 8.96. The van der Waals surface area contributed by atoms with Crippen LogP contribution in [0.25, 0.3) is 17.1 Å². The summed E-state index contributed by atoms with van der Waals surface area (Å²) in [5.74, 6) is -0.295. The second-order valence-electron chi connectivity index (χ2n) is 7.43. The van der Waals surface area contributed by atoms with Crippen LogP contribution in [0.15, 0.2) is 48.9 Å². The lowest BCUT2D eigenvalue weighted by Gasteiger charge is -2.19. The Kier molecular flexibility index (Phi) is 5.58. The number of carbonyl (C=O) groups excluding carboxylic acids is 2. The molecule has 0 atom stereocenters. The van der Waals surface area contributed by atoms with Crippen LogP contribution in [0.4, 0.5) is 4.79 Å². The van der Waals surface area contributed by atoms with Crippen molar-refractivity contribution in [2.24, 2.45) is 0 Å². The molecule has 0 spiro atoms. The van der Waals surface area contributed by atoms with Gasteiger partial charge in [-0.25, -0.2) is 4.68 Å². The molecule has 3 aromatic rings. The van der Waals surface area contributed by atoms with E-state index in [1.807, 2.05) is 26.8 Å². The number of carboxylic acid groups (broad SMARTS) is 1. The van der Waals surface area contributed by atoms with E-state index in [1.54, 1.807) is 47.5 Å². The van der Waals surface area contributed by atoms with Crippen LogP contribution in [0.5, 0.6) is 0 Å². The van der Waals surface area contributed by atoms with E-state index in [-0.39, 0.29) is 18.1 Å². The predicted molar refractivity (Wildman–Crippen MR) is 104 cm³/mol. The van der Waals surface area contributed by atoms with E-state index in [1.165, 1.54) is 0 Å². The summed E-state index contributed by atoms with van der Waals surface area (Å²) in [6, 6.07) is 8.75. The molecule has 3 aromatic heterocycles. The Balaban J connectivity index is 1.98. The van der Waals surface area contributed by atoms with E-state index in [0.717, 1.165) is 0 Å². The van der Waals surface area contributed by atoms with Crippen LogP contribution < -0.4 is 15.7 Å². The van der Waals surface area contributed by atoms with Crippen LogP contribution in [0.3, 0.4) is 0 Å². The SMILES string of the molecule is CC(C)(C)NC(=O)c1cc(-c2ccc(CNC(=O)[O-])cn2)n(-c2cccnc2)n1. The average Bonchev–Trinajstić information content (AvgIpc) is 3.12. The fourth-order valence-corrected chi connectivity index (χ4v) is 2.61. The second-order valence-corrected chi connectivity index (χ2v) is 7.43. The monoisotopic (exact) mass is 393 g/mol. The van der Waals surface area contributed by atoms with Gasteiger partial charge in [0.05, 0.1) is 23.3 Å². The van der Waals surface area contributed by atoms with E-state index < -0.39 is 11.6 Å². The molecule has 0 bridgehead atoms. The number of nitrogens with zero attached hydrogens (tertiary/aromatic N) is 4. The molecule has 2 N–H and O–H groups in total. The fraction of sp³-hybridized carbons (Fsp3) is 0.250. The molecular formula is C20H21N6O3-. The summed E-state index contributed by atoms with van der Waals surface area (Å²) in [6.07, 6.45) is 3.50. The zero-order valence-corrected chi connectivity index (χ0v) is 16.3. The highest BCUT2D eigenvalue weighted by molar-refractivity contribution is 5.94. The first kappa shape index (κ1) is 20.0. The number of pyridine rings is 2. The van der Waals surface area contributed by atoms with Gasteiger partial charge in [0.2, 0.25) is 0 Å². The van der Waals surface area contributed by atoms with Crippen LogP contribution >= 0.6 is 0 Å². The predicted octanol–water partition coefficient (Wildman–Crippen LogP) is 1.29. The molecule has 29 heavy (non-hydrogen) atoms. The maximum atomic E-state index is 12.6. The Morgan fingerprint density at radius 1 is 1.17 bits per heavy atom. The van der Waals surface area contributed by atoms with Gasteiger partial charge in [0, 0.05) is 24.5 Å². The summed E-state index contributed by atoms with van der Waals surface area (Å²) in [5.41, 5.74) is 2.40. The Morgan fingerprint density at radius 3 is 2.55 bits per heavy atom. The van der Waals surface area contributed by atoms with Crippen molar-refractivity contribution >= 4 is 12.0 Å². The van der Waals surface area contributed by atoms with Crippen molar-refractivity contribution < 1.29 is 14.7 Å². The minimum absolute atomic E-state index is 0.0940. The molecule has 0 aliphatic heterocycles. The molecule has 2 amide bonds. The number of amides is 2. The smallest absolute Gasteiger partial charge is 0.272 e. The third-order valence-corrected chi connectivity index (χ3v) is 3.85. The Labute approximate surface area is 167 Å². The molecule has 0 aromatic carbocycles. The zero-order valence-electron chi connectivity index (χ0n) is 16.3. The lowest BCUT2D eigenvalue weighted by atomic mass is 10.1. The van der Waals surface area contributed by atoms with Gasteiger partial charge in [0.15, 0.2) is 5.69 Å². The molecule has 9 heteroatoms. The van der Waals surface area contributed by atoms with Crippen molar-refractivity contribution in [2.45, 2.75) is 32.9 Å². The molecule has 0 aliphatic carbocycles. The molecule has 0 saturated heterocycles. The van der Waals surface area contributed by atoms with Crippen molar-refractivity contribution in [3.05, 3.63) is 60.2 Å². The summed E-state index contributed by atoms with van der Waals surface area (Å²) in [7, 11) is 0. The summed E-state index contributed by atoms with van der Waals surface area (Å²) in [6.45, 7) is 5.78. The number of hydrogen-bond acceptors (Lipinski definition) is 6. The largest absolute Gasteiger partial charge is 0.530 e. The summed E-state index contributed by atoms with van der Waals surface area (Å²) in [4.78, 5) is 31.6. The van der Waals surface area contributed by atoms with Gasteiger partial charge in [-0.15, -0.1) is 0 Å². The van der Waals surface area contributed by atoms with Gasteiger partial charge < -0.3 is 20.5 Å². The topological polar surface area (TPSA) is 125 Å². The van der Waals surface area contributed by atoms with Crippen molar-refractivity contribution in [3.63, 3.8) is 0 Å². The van der Waals surface area contributed by atoms with Crippen LogP contribution in [0.2, 0.25) is 0 Å². The van der Waals surface area contributed by atoms with Crippen molar-refractivity contribution in [1.29, 1.82) is 0 Å². The quantitative estimate of drug-likeness (QED) is 0.673. The lowest BCUT2D eigenvalue weighted by molar-refractivity contribution is -0.251. The molecule has 3 heterocycles. The Hall–Kier alpha value is -3.75. The molecule has 0 radical (unpaired) electrons. The number of aromatic nitrogens is 4. The molecule has 0 unspecified atom stereocenters. The third kappa shape index (κ3) is 5.16. The summed E-state index contributed by atoms with van der Waals surface area (Å²) < 4.78 is 1.60. The van der Waals surface area contributed by atoms with Gasteiger partial charge >= 0.3 is 0 Å². The maximum absolute atomic E-state index is 12.6. The zero-order chi connectivity index (χ0) is 21.0. The van der Waals surface area contributed by atoms with Crippen molar-refractivity contribution in [2.75, 3.05) is 0 Å². The lowest BCUT2D eigenvalue weighted by Crippen LogP contribution is -2.40. The number of hydrogen-bond donors (Lipinski definition) is 2. The van der Waals surface area contributed by atoms with Crippen LogP contribution in [0.1, 0.15) is 36.8 Å². The highest BCUT2D eigenvalue weighted by Gasteiger charge is 2.21. The van der Waals surface area contributed by atoms with Gasteiger partial charge in [0.1, 0.15) is 6.09 Å². The molecular weight excluding hydrogens is 372 g/mol. The van der Waals surface area contributed by atoms with E-state index in [0.29, 0.717) is 22.6 Å². The van der Waals surface area contributed by atoms with E-state index in [4.69, 9.17) is 0 Å². The average molecular weight is 393 g/mol. The van der Waals surface area contributed by atoms with Gasteiger partial charge in [-0.1, -0.05) is 6.07 Å². The Morgan fingerprint density at radius 2 is 1.97 bits per heavy atom. The number of carbonyl (C=O) groups is 2. The standard InChI is InChI=1S/C20H22N6O3/c1-20(2,3)24-18(27)16-9-17(26(25-16)14-5-4-8-21-12-14)15-7-6-13(10-22-15)11-23-19(28)29/h4-10,12,23H,11H2,1-3H3,(H,24,27)(H,28,29)/p-1. The normalized spacial score (nSPS) is 11.1. The second kappa shape index (κ2) is 8.09. The van der Waals surface area contributed by atoms with Gasteiger partial charge in [0.25, 0.3) is 5.91 Å². The number of rotatable bonds is 5. The van der Waals surface area contributed by atoms with E-state index in [2.05, 4.69) is 25.7 Å². The molecule has 150 valence electrons. The number of nitrogens with one attached hydrogen (secondary N) is 2. The summed E-state index contributed by atoms with van der Waals surface area (Å²) >= 11 is 0. The first-order chi connectivity index (χ1) is 13.7. The molecule has 0 aliphatic rings. The van der Waals surface area contributed by atoms with Crippen molar-refractivity contribution in [3.8, 4) is 17.1 Å². The highest BCUT2D eigenvalue weighted by atomic mass is 16.4. The molecule has 0 fully saturated rings. The Bertz CT molecular complexity index is 1010. The van der Waals surface area contributed by atoms with Gasteiger partial charge in [-0.05, 0) is 50.6 Å². The molecule has 3 rings (SSSR count). The molecule has 9 nitrogen and oxygen atoms in total. The fourth-order valence-electron chi connectivity index (χ4n) is 2.61. The maximum Gasteiger partial charge on any atom is 0.272 e. The minimum atomic E-state index is -1.35. The van der Waals surface area contributed by atoms with E-state index in [9.17, 15) is 14.7 Å². The van der Waals surface area contributed by atoms with Gasteiger partial charge in [-0.2, -0.15) is 5.10 Å². The molecule has 0 saturated carbocycles. The highest BCUT2D eigenvalue weighted by Crippen LogP contribution is 2.23. The van der Waals surface area contributed by atoms with Crippen LogP contribution in [-0.2, 0) is 6.54 Å².